The van der Waals surface area contributed by atoms with Gasteiger partial charge in [-0.3, -0.25) is 4.79 Å². The smallest absolute Gasteiger partial charge is 0.407 e. The highest BCUT2D eigenvalue weighted by molar-refractivity contribution is 7.16. The predicted octanol–water partition coefficient (Wildman–Crippen LogP) is 2.78. The molecular formula is C23H29N7O4S. The minimum absolute atomic E-state index is 0.101. The molecule has 0 atom stereocenters. The minimum Gasteiger partial charge on any atom is -0.465 e. The van der Waals surface area contributed by atoms with Gasteiger partial charge in [0.15, 0.2) is 5.82 Å². The summed E-state index contributed by atoms with van der Waals surface area (Å²) in [6, 6.07) is 1.76. The topological polar surface area (TPSA) is 136 Å². The maximum Gasteiger partial charge on any atom is 0.407 e. The number of aliphatic hydroxyl groups excluding tert-OH is 1. The van der Waals surface area contributed by atoms with E-state index in [4.69, 9.17) is 4.98 Å². The van der Waals surface area contributed by atoms with Crippen molar-refractivity contribution in [3.8, 4) is 11.4 Å². The van der Waals surface area contributed by atoms with Crippen LogP contribution in [0.4, 0.5) is 10.6 Å². The van der Waals surface area contributed by atoms with Crippen molar-refractivity contribution in [3.63, 3.8) is 0 Å². The second-order valence-electron chi connectivity index (χ2n) is 9.24. The van der Waals surface area contributed by atoms with E-state index in [1.807, 2.05) is 11.6 Å². The van der Waals surface area contributed by atoms with Gasteiger partial charge >= 0.3 is 6.09 Å². The van der Waals surface area contributed by atoms with E-state index in [2.05, 4.69) is 15.4 Å². The summed E-state index contributed by atoms with van der Waals surface area (Å²) < 4.78 is 1.76. The van der Waals surface area contributed by atoms with Crippen LogP contribution in [0.3, 0.4) is 0 Å². The first kappa shape index (κ1) is 23.5. The lowest BCUT2D eigenvalue weighted by Crippen LogP contribution is -2.47. The van der Waals surface area contributed by atoms with Crippen molar-refractivity contribution in [2.45, 2.75) is 56.7 Å². The van der Waals surface area contributed by atoms with Gasteiger partial charge in [-0.25, -0.2) is 19.3 Å². The zero-order chi connectivity index (χ0) is 24.5. The molecule has 0 unspecified atom stereocenters. The SMILES string of the molecule is CN(C(=O)O)C1CCN(C(=O)c2cc(NC3CCC(O)CC3)nc(-c3cnn4ccsc34)n2)CC1. The summed E-state index contributed by atoms with van der Waals surface area (Å²) in [4.78, 5) is 38.1. The highest BCUT2D eigenvalue weighted by Crippen LogP contribution is 2.28. The van der Waals surface area contributed by atoms with Crippen molar-refractivity contribution in [2.75, 3.05) is 25.5 Å². The minimum atomic E-state index is -0.956. The number of thiazole rings is 1. The Kier molecular flexibility index (Phi) is 6.56. The molecule has 3 aromatic rings. The van der Waals surface area contributed by atoms with E-state index < -0.39 is 6.09 Å². The standard InChI is InChI=1S/C23H29N7O4S/c1-28(23(33)34)15-6-8-29(9-7-15)21(32)18-12-19(25-14-2-4-16(31)5-3-14)27-20(26-18)17-13-24-30-10-11-35-22(17)30/h10-16,31H,2-9H2,1H3,(H,33,34)(H,25,26,27). The van der Waals surface area contributed by atoms with Crippen LogP contribution < -0.4 is 5.32 Å². The van der Waals surface area contributed by atoms with Crippen LogP contribution in [0.1, 0.15) is 49.0 Å². The van der Waals surface area contributed by atoms with Crippen LogP contribution in [0.2, 0.25) is 0 Å². The van der Waals surface area contributed by atoms with Gasteiger partial charge in [0.1, 0.15) is 16.3 Å². The van der Waals surface area contributed by atoms with Gasteiger partial charge < -0.3 is 25.3 Å². The maximum atomic E-state index is 13.5. The zero-order valence-corrected chi connectivity index (χ0v) is 20.3. The molecule has 1 saturated heterocycles. The molecule has 2 aliphatic rings. The Bertz CT molecular complexity index is 1210. The molecule has 2 amide bonds. The third-order valence-corrected chi connectivity index (χ3v) is 7.86. The molecule has 1 aliphatic heterocycles. The molecule has 0 bridgehead atoms. The van der Waals surface area contributed by atoms with Crippen molar-refractivity contribution in [3.05, 3.63) is 29.5 Å². The van der Waals surface area contributed by atoms with Crippen molar-refractivity contribution in [2.24, 2.45) is 0 Å². The van der Waals surface area contributed by atoms with Gasteiger partial charge in [-0.2, -0.15) is 5.10 Å². The summed E-state index contributed by atoms with van der Waals surface area (Å²) in [6.45, 7) is 0.930. The molecule has 186 valence electrons. The van der Waals surface area contributed by atoms with Gasteiger partial charge in [-0.05, 0) is 38.5 Å². The number of aliphatic hydroxyl groups is 1. The molecule has 35 heavy (non-hydrogen) atoms. The van der Waals surface area contributed by atoms with E-state index in [0.29, 0.717) is 43.3 Å². The molecule has 1 saturated carbocycles. The number of aromatic nitrogens is 4. The van der Waals surface area contributed by atoms with Crippen LogP contribution in [-0.4, -0.2) is 89.9 Å². The number of nitrogens with zero attached hydrogens (tertiary/aromatic N) is 6. The highest BCUT2D eigenvalue weighted by atomic mass is 32.1. The number of fused-ring (bicyclic) bond motifs is 1. The number of carbonyl (C=O) groups excluding carboxylic acids is 1. The van der Waals surface area contributed by atoms with Crippen molar-refractivity contribution in [1.82, 2.24) is 29.4 Å². The van der Waals surface area contributed by atoms with Gasteiger partial charge in [0.2, 0.25) is 0 Å². The van der Waals surface area contributed by atoms with Crippen LogP contribution in [0.25, 0.3) is 16.2 Å². The Labute approximate surface area is 206 Å². The molecule has 5 rings (SSSR count). The van der Waals surface area contributed by atoms with Gasteiger partial charge in [-0.1, -0.05) is 0 Å². The van der Waals surface area contributed by atoms with E-state index >= 15 is 0 Å². The van der Waals surface area contributed by atoms with Crippen LogP contribution in [0.15, 0.2) is 23.8 Å². The van der Waals surface area contributed by atoms with Gasteiger partial charge in [0.25, 0.3) is 5.91 Å². The van der Waals surface area contributed by atoms with Gasteiger partial charge in [0.05, 0.1) is 17.9 Å². The van der Waals surface area contributed by atoms with E-state index in [9.17, 15) is 19.8 Å². The summed E-state index contributed by atoms with van der Waals surface area (Å²) in [5.74, 6) is 0.824. The summed E-state index contributed by atoms with van der Waals surface area (Å²) >= 11 is 1.53. The number of nitrogens with one attached hydrogen (secondary N) is 1. The molecule has 1 aliphatic carbocycles. The molecule has 3 N–H and O–H groups in total. The number of anilines is 1. The van der Waals surface area contributed by atoms with E-state index in [0.717, 1.165) is 36.1 Å². The maximum absolute atomic E-state index is 13.5. The van der Waals surface area contributed by atoms with Crippen LogP contribution in [0, 0.1) is 0 Å². The number of hydrogen-bond acceptors (Lipinski definition) is 8. The van der Waals surface area contributed by atoms with E-state index in [1.54, 1.807) is 28.7 Å². The molecule has 4 heterocycles. The lowest BCUT2D eigenvalue weighted by molar-refractivity contribution is 0.0638. The van der Waals surface area contributed by atoms with E-state index in [-0.39, 0.29) is 24.1 Å². The Morgan fingerprint density at radius 3 is 2.60 bits per heavy atom. The number of carbonyl (C=O) groups is 2. The fraction of sp³-hybridized carbons (Fsp3) is 0.522. The number of carboxylic acid groups (broad SMARTS) is 1. The summed E-state index contributed by atoms with van der Waals surface area (Å²) in [7, 11) is 1.57. The van der Waals surface area contributed by atoms with Crippen molar-refractivity contribution >= 4 is 34.0 Å². The van der Waals surface area contributed by atoms with Crippen molar-refractivity contribution < 1.29 is 19.8 Å². The number of rotatable bonds is 5. The Balaban J connectivity index is 1.40. The molecule has 2 fully saturated rings. The molecular weight excluding hydrogens is 470 g/mol. The molecule has 11 nitrogen and oxygen atoms in total. The van der Waals surface area contributed by atoms with Gasteiger partial charge in [-0.15, -0.1) is 11.3 Å². The average molecular weight is 500 g/mol. The van der Waals surface area contributed by atoms with E-state index in [1.165, 1.54) is 16.2 Å². The molecule has 12 heteroatoms. The Morgan fingerprint density at radius 2 is 1.89 bits per heavy atom. The largest absolute Gasteiger partial charge is 0.465 e. The second kappa shape index (κ2) is 9.78. The molecule has 0 spiro atoms. The van der Waals surface area contributed by atoms with Crippen LogP contribution in [0.5, 0.6) is 0 Å². The number of likely N-dealkylation sites (tertiary alicyclic amines) is 1. The molecule has 0 radical (unpaired) electrons. The monoisotopic (exact) mass is 499 g/mol. The summed E-state index contributed by atoms with van der Waals surface area (Å²) in [5, 5.41) is 28.8. The van der Waals surface area contributed by atoms with Gasteiger partial charge in [0, 0.05) is 49.9 Å². The fourth-order valence-electron chi connectivity index (χ4n) is 4.84. The summed E-state index contributed by atoms with van der Waals surface area (Å²) in [6.07, 6.45) is 6.67. The second-order valence-corrected chi connectivity index (χ2v) is 10.1. The first-order valence-electron chi connectivity index (χ1n) is 11.9. The highest BCUT2D eigenvalue weighted by Gasteiger charge is 2.29. The normalized spacial score (nSPS) is 21.3. The number of amides is 2. The average Bonchev–Trinajstić information content (AvgIpc) is 3.49. The molecule has 3 aromatic heterocycles. The zero-order valence-electron chi connectivity index (χ0n) is 19.5. The Morgan fingerprint density at radius 1 is 1.14 bits per heavy atom. The first-order valence-corrected chi connectivity index (χ1v) is 12.8. The third kappa shape index (κ3) is 4.94. The fourth-order valence-corrected chi connectivity index (χ4v) is 5.63. The lowest BCUT2D eigenvalue weighted by Gasteiger charge is -2.35. The lowest BCUT2D eigenvalue weighted by atomic mass is 9.93. The Hall–Kier alpha value is -3.25. The summed E-state index contributed by atoms with van der Waals surface area (Å²) in [5.41, 5.74) is 1.06. The van der Waals surface area contributed by atoms with Crippen LogP contribution in [-0.2, 0) is 0 Å². The number of piperidine rings is 1. The van der Waals surface area contributed by atoms with Crippen LogP contribution >= 0.6 is 11.3 Å². The first-order chi connectivity index (χ1) is 16.9. The molecule has 0 aromatic carbocycles. The third-order valence-electron chi connectivity index (χ3n) is 6.97. The number of hydrogen-bond donors (Lipinski definition) is 3. The predicted molar refractivity (Wildman–Crippen MR) is 131 cm³/mol. The van der Waals surface area contributed by atoms with Crippen molar-refractivity contribution in [1.29, 1.82) is 0 Å². The quantitative estimate of drug-likeness (QED) is 0.488.